The van der Waals surface area contributed by atoms with E-state index in [0.29, 0.717) is 5.92 Å². The molecule has 1 aromatic heterocycles. The van der Waals surface area contributed by atoms with Gasteiger partial charge in [-0.3, -0.25) is 0 Å². The zero-order valence-corrected chi connectivity index (χ0v) is 11.1. The predicted octanol–water partition coefficient (Wildman–Crippen LogP) is 3.10. The first kappa shape index (κ1) is 12.5. The lowest BCUT2D eigenvalue weighted by molar-refractivity contribution is 0.516. The zero-order chi connectivity index (χ0) is 12.4. The number of rotatable bonds is 3. The second-order valence-electron chi connectivity index (χ2n) is 5.34. The summed E-state index contributed by atoms with van der Waals surface area (Å²) < 4.78 is 0. The van der Waals surface area contributed by atoms with Gasteiger partial charge < -0.3 is 5.73 Å². The van der Waals surface area contributed by atoms with E-state index in [9.17, 15) is 0 Å². The summed E-state index contributed by atoms with van der Waals surface area (Å²) in [5.74, 6) is 2.47. The maximum Gasteiger partial charge on any atom is 0.131 e. The molecule has 2 rings (SSSR count). The standard InChI is InChI=1S/C14H23N3/c1-4-11-5-6-12(7-11)14-16-8-13(9(2)15)10(3)17-14/h8-9,11-12H,4-7,15H2,1-3H3/t9-,11?,12?/m0/s1. The molecule has 3 atom stereocenters. The van der Waals surface area contributed by atoms with Crippen LogP contribution >= 0.6 is 0 Å². The molecule has 0 saturated heterocycles. The van der Waals surface area contributed by atoms with Crippen molar-refractivity contribution in [3.05, 3.63) is 23.3 Å². The van der Waals surface area contributed by atoms with Crippen molar-refractivity contribution in [3.63, 3.8) is 0 Å². The van der Waals surface area contributed by atoms with Crippen molar-refractivity contribution in [1.82, 2.24) is 9.97 Å². The van der Waals surface area contributed by atoms with Gasteiger partial charge in [-0.1, -0.05) is 13.3 Å². The van der Waals surface area contributed by atoms with E-state index in [1.54, 1.807) is 0 Å². The fourth-order valence-electron chi connectivity index (χ4n) is 2.82. The Labute approximate surface area is 104 Å². The lowest BCUT2D eigenvalue weighted by Crippen LogP contribution is -2.11. The maximum atomic E-state index is 5.88. The lowest BCUT2D eigenvalue weighted by atomic mass is 10.0. The Hall–Kier alpha value is -0.960. The van der Waals surface area contributed by atoms with E-state index in [0.717, 1.165) is 23.0 Å². The summed E-state index contributed by atoms with van der Waals surface area (Å²) in [4.78, 5) is 9.17. The lowest BCUT2D eigenvalue weighted by Gasteiger charge is -2.13. The minimum Gasteiger partial charge on any atom is -0.324 e. The number of hydrogen-bond acceptors (Lipinski definition) is 3. The van der Waals surface area contributed by atoms with Crippen LogP contribution in [0.25, 0.3) is 0 Å². The van der Waals surface area contributed by atoms with Gasteiger partial charge in [-0.2, -0.15) is 0 Å². The number of nitrogens with zero attached hydrogens (tertiary/aromatic N) is 2. The van der Waals surface area contributed by atoms with E-state index in [1.807, 2.05) is 20.0 Å². The van der Waals surface area contributed by atoms with Gasteiger partial charge in [0.15, 0.2) is 0 Å². The predicted molar refractivity (Wildman–Crippen MR) is 69.7 cm³/mol. The van der Waals surface area contributed by atoms with Crippen molar-refractivity contribution in [3.8, 4) is 0 Å². The third kappa shape index (κ3) is 2.65. The Morgan fingerprint density at radius 1 is 1.47 bits per heavy atom. The van der Waals surface area contributed by atoms with Gasteiger partial charge in [0.25, 0.3) is 0 Å². The fourth-order valence-corrected chi connectivity index (χ4v) is 2.82. The highest BCUT2D eigenvalue weighted by Gasteiger charge is 2.26. The van der Waals surface area contributed by atoms with Crippen LogP contribution in [0.1, 0.15) is 68.6 Å². The van der Waals surface area contributed by atoms with Gasteiger partial charge in [0.05, 0.1) is 0 Å². The molecule has 1 fully saturated rings. The van der Waals surface area contributed by atoms with Crippen LogP contribution in [-0.4, -0.2) is 9.97 Å². The van der Waals surface area contributed by atoms with Crippen LogP contribution in [0.15, 0.2) is 6.20 Å². The third-order valence-corrected chi connectivity index (χ3v) is 4.01. The Balaban J connectivity index is 2.15. The fraction of sp³-hybridized carbons (Fsp3) is 0.714. The van der Waals surface area contributed by atoms with E-state index in [2.05, 4.69) is 16.9 Å². The average molecular weight is 233 g/mol. The Morgan fingerprint density at radius 3 is 2.76 bits per heavy atom. The Kier molecular flexibility index (Phi) is 3.77. The van der Waals surface area contributed by atoms with Crippen LogP contribution < -0.4 is 5.73 Å². The second kappa shape index (κ2) is 5.13. The molecule has 3 heteroatoms. The summed E-state index contributed by atoms with van der Waals surface area (Å²) in [7, 11) is 0. The molecule has 0 amide bonds. The van der Waals surface area contributed by atoms with Gasteiger partial charge in [-0.05, 0) is 39.0 Å². The van der Waals surface area contributed by atoms with E-state index < -0.39 is 0 Å². The van der Waals surface area contributed by atoms with Crippen LogP contribution in [0.3, 0.4) is 0 Å². The summed E-state index contributed by atoms with van der Waals surface area (Å²) in [6.07, 6.45) is 7.04. The van der Waals surface area contributed by atoms with Crippen LogP contribution in [0.2, 0.25) is 0 Å². The van der Waals surface area contributed by atoms with Crippen molar-refractivity contribution in [2.75, 3.05) is 0 Å². The molecule has 17 heavy (non-hydrogen) atoms. The topological polar surface area (TPSA) is 51.8 Å². The summed E-state index contributed by atoms with van der Waals surface area (Å²) in [5, 5.41) is 0. The molecular weight excluding hydrogens is 210 g/mol. The van der Waals surface area contributed by atoms with Crippen LogP contribution in [0.5, 0.6) is 0 Å². The van der Waals surface area contributed by atoms with E-state index in [-0.39, 0.29) is 6.04 Å². The average Bonchev–Trinajstić information content (AvgIpc) is 2.76. The molecular formula is C14H23N3. The van der Waals surface area contributed by atoms with Crippen molar-refractivity contribution in [2.45, 2.75) is 58.4 Å². The van der Waals surface area contributed by atoms with Crippen LogP contribution in [0.4, 0.5) is 0 Å². The van der Waals surface area contributed by atoms with Gasteiger partial charge in [0, 0.05) is 29.4 Å². The zero-order valence-electron chi connectivity index (χ0n) is 11.1. The molecule has 1 saturated carbocycles. The Morgan fingerprint density at radius 2 is 2.24 bits per heavy atom. The molecule has 94 valence electrons. The molecule has 2 unspecified atom stereocenters. The molecule has 1 aliphatic carbocycles. The first-order valence-electron chi connectivity index (χ1n) is 6.70. The minimum atomic E-state index is 0.0241. The molecule has 2 N–H and O–H groups in total. The molecule has 1 heterocycles. The van der Waals surface area contributed by atoms with Gasteiger partial charge in [0.1, 0.15) is 5.82 Å². The van der Waals surface area contributed by atoms with Crippen molar-refractivity contribution in [2.24, 2.45) is 11.7 Å². The summed E-state index contributed by atoms with van der Waals surface area (Å²) in [6, 6.07) is 0.0241. The molecule has 0 radical (unpaired) electrons. The smallest absolute Gasteiger partial charge is 0.131 e. The highest BCUT2D eigenvalue weighted by molar-refractivity contribution is 5.20. The second-order valence-corrected chi connectivity index (χ2v) is 5.34. The van der Waals surface area contributed by atoms with Gasteiger partial charge in [-0.15, -0.1) is 0 Å². The highest BCUT2D eigenvalue weighted by atomic mass is 14.9. The van der Waals surface area contributed by atoms with Gasteiger partial charge in [-0.25, -0.2) is 9.97 Å². The maximum absolute atomic E-state index is 5.88. The summed E-state index contributed by atoms with van der Waals surface area (Å²) in [5.41, 5.74) is 8.00. The van der Waals surface area contributed by atoms with Crippen molar-refractivity contribution in [1.29, 1.82) is 0 Å². The summed E-state index contributed by atoms with van der Waals surface area (Å²) in [6.45, 7) is 6.29. The molecule has 0 spiro atoms. The number of hydrogen-bond donors (Lipinski definition) is 1. The van der Waals surface area contributed by atoms with Crippen molar-refractivity contribution >= 4 is 0 Å². The van der Waals surface area contributed by atoms with E-state index >= 15 is 0 Å². The third-order valence-electron chi connectivity index (χ3n) is 4.01. The molecule has 0 aromatic carbocycles. The van der Waals surface area contributed by atoms with E-state index in [4.69, 9.17) is 5.73 Å². The largest absolute Gasteiger partial charge is 0.324 e. The van der Waals surface area contributed by atoms with Crippen molar-refractivity contribution < 1.29 is 0 Å². The summed E-state index contributed by atoms with van der Waals surface area (Å²) >= 11 is 0. The van der Waals surface area contributed by atoms with E-state index in [1.165, 1.54) is 25.7 Å². The highest BCUT2D eigenvalue weighted by Crippen LogP contribution is 2.38. The molecule has 0 aliphatic heterocycles. The quantitative estimate of drug-likeness (QED) is 0.872. The van der Waals surface area contributed by atoms with Gasteiger partial charge in [0.2, 0.25) is 0 Å². The minimum absolute atomic E-state index is 0.0241. The first-order valence-corrected chi connectivity index (χ1v) is 6.70. The molecule has 0 bridgehead atoms. The van der Waals surface area contributed by atoms with Crippen LogP contribution in [-0.2, 0) is 0 Å². The molecule has 1 aliphatic rings. The number of nitrogens with two attached hydrogens (primary N) is 1. The Bertz CT molecular complexity index is 387. The normalized spacial score (nSPS) is 26.1. The number of aromatic nitrogens is 2. The SMILES string of the molecule is CCC1CCC(c2ncc([C@H](C)N)c(C)n2)C1. The van der Waals surface area contributed by atoms with Gasteiger partial charge >= 0.3 is 0 Å². The first-order chi connectivity index (χ1) is 8.11. The monoisotopic (exact) mass is 233 g/mol. The molecule has 3 nitrogen and oxygen atoms in total. The van der Waals surface area contributed by atoms with Crippen LogP contribution in [0, 0.1) is 12.8 Å². The molecule has 1 aromatic rings. The number of aryl methyl sites for hydroxylation is 1.